The number of carbonyl (C=O) groups is 6. The van der Waals surface area contributed by atoms with E-state index in [1.54, 1.807) is 16.2 Å². The molecule has 0 aliphatic carbocycles. The van der Waals surface area contributed by atoms with E-state index < -0.39 is 53.4 Å². The molecule has 0 radical (unpaired) electrons. The van der Waals surface area contributed by atoms with Crippen LogP contribution >= 0.6 is 11.3 Å². The van der Waals surface area contributed by atoms with Gasteiger partial charge in [-0.05, 0) is 90.7 Å². The molecule has 3 aliphatic heterocycles. The number of aliphatic hydroxyl groups is 1. The summed E-state index contributed by atoms with van der Waals surface area (Å²) in [6, 6.07) is 18.9. The first-order valence-corrected chi connectivity index (χ1v) is 27.5. The number of para-hydroxylation sites is 1. The maximum atomic E-state index is 14.0. The van der Waals surface area contributed by atoms with Crippen LogP contribution in [0.5, 0.6) is 0 Å². The maximum Gasteiger partial charge on any atom is 0.246 e. The number of nitrogens with one attached hydrogen (secondary N) is 1. The van der Waals surface area contributed by atoms with Crippen molar-refractivity contribution in [2.24, 2.45) is 22.8 Å². The number of thiazole rings is 1. The van der Waals surface area contributed by atoms with Gasteiger partial charge in [0.05, 0.1) is 91.7 Å². The molecule has 7 atom stereocenters. The first-order valence-electron chi connectivity index (χ1n) is 26.6. The molecule has 1 saturated heterocycles. The SMILES string of the molecule is Cc1ncsc1-c1ccc(CCC(=O)[C@@H]2C[C@@H](O)CN2C(=O)[C@@H](NC(=O)COCCOCCOCCc2ccc(CO[C@H](C)[C@H](CCC(N)=O)CC(=O)[C@@H]3Cc4cccc5c4N3C(=O)[C@@H](N)CC5)cc2)C(C)(C)C)cc1. The van der Waals surface area contributed by atoms with E-state index in [2.05, 4.69) is 10.3 Å². The fraction of sp³-hybridized carbons (Fsp3) is 0.534. The van der Waals surface area contributed by atoms with E-state index in [0.717, 1.165) is 49.6 Å². The van der Waals surface area contributed by atoms with Crippen molar-refractivity contribution in [1.82, 2.24) is 15.2 Å². The molecule has 4 aromatic rings. The second-order valence-electron chi connectivity index (χ2n) is 21.5. The first kappa shape index (κ1) is 58.0. The number of amides is 4. The third kappa shape index (κ3) is 15.5. The van der Waals surface area contributed by atoms with Gasteiger partial charge in [0.1, 0.15) is 12.6 Å². The van der Waals surface area contributed by atoms with Crippen LogP contribution in [0, 0.1) is 18.3 Å². The van der Waals surface area contributed by atoms with Crippen molar-refractivity contribution in [2.75, 3.05) is 51.1 Å². The molecule has 1 fully saturated rings. The Kier molecular flexibility index (Phi) is 20.6. The van der Waals surface area contributed by atoms with Crippen molar-refractivity contribution in [3.63, 3.8) is 0 Å². The lowest BCUT2D eigenvalue weighted by Crippen LogP contribution is -2.57. The number of likely N-dealkylation sites (tertiary alicyclic amines) is 1. The molecular formula is C58H76N6O11S. The number of hydrogen-bond acceptors (Lipinski definition) is 14. The van der Waals surface area contributed by atoms with Gasteiger partial charge in [-0.2, -0.15) is 0 Å². The number of ether oxygens (including phenoxy) is 4. The molecule has 3 aromatic carbocycles. The van der Waals surface area contributed by atoms with Crippen LogP contribution in [0.3, 0.4) is 0 Å². The number of β-amino-alcohol motifs (C(OH)–C–C–N with tert-alkyl or cyclic N) is 1. The van der Waals surface area contributed by atoms with Gasteiger partial charge in [0.25, 0.3) is 0 Å². The lowest BCUT2D eigenvalue weighted by Gasteiger charge is -2.35. The quantitative estimate of drug-likeness (QED) is 0.0523. The number of hydrogen-bond donors (Lipinski definition) is 4. The molecule has 18 heteroatoms. The van der Waals surface area contributed by atoms with Gasteiger partial charge in [-0.25, -0.2) is 4.98 Å². The molecule has 1 aromatic heterocycles. The lowest BCUT2D eigenvalue weighted by atomic mass is 9.85. The number of aromatic nitrogens is 1. The minimum absolute atomic E-state index is 0.0129. The topological polar surface area (TPSA) is 243 Å². The summed E-state index contributed by atoms with van der Waals surface area (Å²) in [6.45, 7) is 11.0. The average Bonchev–Trinajstić information content (AvgIpc) is 4.13. The van der Waals surface area contributed by atoms with Crippen LogP contribution in [-0.4, -0.2) is 133 Å². The molecule has 0 saturated carbocycles. The Morgan fingerprint density at radius 2 is 1.51 bits per heavy atom. The van der Waals surface area contributed by atoms with Gasteiger partial charge in [0.15, 0.2) is 11.6 Å². The highest BCUT2D eigenvalue weighted by Gasteiger charge is 2.45. The summed E-state index contributed by atoms with van der Waals surface area (Å²) in [6.07, 6.45) is 2.60. The predicted octanol–water partition coefficient (Wildman–Crippen LogP) is 5.38. The number of nitrogens with zero attached hydrogens (tertiary/aromatic N) is 3. The number of rotatable bonds is 28. The van der Waals surface area contributed by atoms with Gasteiger partial charge < -0.3 is 45.7 Å². The highest BCUT2D eigenvalue weighted by atomic mass is 32.1. The molecule has 76 heavy (non-hydrogen) atoms. The number of primary amides is 1. The number of aryl methyl sites for hydroxylation is 3. The number of ketones is 2. The predicted molar refractivity (Wildman–Crippen MR) is 289 cm³/mol. The maximum absolute atomic E-state index is 14.0. The van der Waals surface area contributed by atoms with Crippen molar-refractivity contribution in [3.8, 4) is 10.4 Å². The minimum atomic E-state index is -0.951. The van der Waals surface area contributed by atoms with Crippen molar-refractivity contribution in [1.29, 1.82) is 0 Å². The second kappa shape index (κ2) is 27.0. The Morgan fingerprint density at radius 3 is 2.20 bits per heavy atom. The Hall–Kier alpha value is -5.73. The normalized spacial score (nSPS) is 19.5. The van der Waals surface area contributed by atoms with Crippen molar-refractivity contribution in [3.05, 3.63) is 106 Å². The third-order valence-electron chi connectivity index (χ3n) is 14.7. The van der Waals surface area contributed by atoms with Crippen LogP contribution in [0.1, 0.15) is 99.7 Å². The van der Waals surface area contributed by atoms with Crippen molar-refractivity contribution >= 4 is 52.2 Å². The van der Waals surface area contributed by atoms with Crippen LogP contribution in [-0.2, 0) is 80.0 Å². The summed E-state index contributed by atoms with van der Waals surface area (Å²) < 4.78 is 23.3. The van der Waals surface area contributed by atoms with Crippen LogP contribution < -0.4 is 21.7 Å². The molecule has 3 aliphatic rings. The highest BCUT2D eigenvalue weighted by molar-refractivity contribution is 7.13. The van der Waals surface area contributed by atoms with E-state index in [4.69, 9.17) is 30.4 Å². The number of carbonyl (C=O) groups excluding carboxylic acids is 6. The third-order valence-corrected chi connectivity index (χ3v) is 15.7. The van der Waals surface area contributed by atoms with Gasteiger partial charge >= 0.3 is 0 Å². The summed E-state index contributed by atoms with van der Waals surface area (Å²) in [5.41, 5.74) is 20.8. The van der Waals surface area contributed by atoms with Crippen LogP contribution in [0.2, 0.25) is 0 Å². The van der Waals surface area contributed by atoms with E-state index in [1.807, 2.05) is 107 Å². The molecule has 4 heterocycles. The zero-order chi connectivity index (χ0) is 54.5. The van der Waals surface area contributed by atoms with E-state index in [1.165, 1.54) is 4.90 Å². The van der Waals surface area contributed by atoms with Gasteiger partial charge in [0.2, 0.25) is 23.6 Å². The molecule has 7 rings (SSSR count). The fourth-order valence-electron chi connectivity index (χ4n) is 10.3. The van der Waals surface area contributed by atoms with Gasteiger partial charge in [-0.1, -0.05) is 87.5 Å². The Balaban J connectivity index is 0.763. The molecule has 17 nitrogen and oxygen atoms in total. The van der Waals surface area contributed by atoms with E-state index in [-0.39, 0.29) is 81.5 Å². The summed E-state index contributed by atoms with van der Waals surface area (Å²) in [5, 5.41) is 13.4. The number of nitrogens with two attached hydrogens (primary N) is 2. The van der Waals surface area contributed by atoms with Gasteiger partial charge in [-0.15, -0.1) is 11.3 Å². The number of Topliss-reactive ketones (excluding diaryl/α,β-unsaturated/α-hetero) is 2. The monoisotopic (exact) mass is 1060 g/mol. The lowest BCUT2D eigenvalue weighted by molar-refractivity contribution is -0.144. The standard InChI is InChI=1S/C58H76N6O11S/c1-36-54(76-35-61-36)42-16-13-38(14-17-42)15-21-49(66)47-31-45(65)32-63(47)57(71)55(58(3,4)5)62-52(69)34-74-28-27-73-26-25-72-24-23-39-9-11-40(12-10-39)33-75-37(2)43(19-22-51(60)68)30-50(67)48-29-44-8-6-7-41-18-20-46(59)56(70)64(48)53(41)44/h6-14,16-17,35,37,43,45-48,55,65H,15,18-34,59H2,1-5H3,(H2,60,68)(H,62,69)/t37-,43-,45-,46+,47+,48+,55-/m1/s1. The zero-order valence-corrected chi connectivity index (χ0v) is 45.4. The Labute approximate surface area is 450 Å². The van der Waals surface area contributed by atoms with E-state index in [0.29, 0.717) is 65.0 Å². The molecule has 0 bridgehead atoms. The largest absolute Gasteiger partial charge is 0.391 e. The summed E-state index contributed by atoms with van der Waals surface area (Å²) >= 11 is 1.58. The van der Waals surface area contributed by atoms with E-state index in [9.17, 15) is 33.9 Å². The smallest absolute Gasteiger partial charge is 0.246 e. The second-order valence-corrected chi connectivity index (χ2v) is 22.3. The Bertz CT molecular complexity index is 2640. The van der Waals surface area contributed by atoms with Crippen LogP contribution in [0.25, 0.3) is 10.4 Å². The molecular weight excluding hydrogens is 989 g/mol. The number of anilines is 1. The van der Waals surface area contributed by atoms with E-state index >= 15 is 0 Å². The summed E-state index contributed by atoms with van der Waals surface area (Å²) in [7, 11) is 0. The molecule has 410 valence electrons. The van der Waals surface area contributed by atoms with Crippen LogP contribution in [0.4, 0.5) is 5.69 Å². The van der Waals surface area contributed by atoms with Crippen LogP contribution in [0.15, 0.2) is 72.2 Å². The first-order chi connectivity index (χ1) is 36.4. The molecule has 6 N–H and O–H groups in total. The minimum Gasteiger partial charge on any atom is -0.391 e. The number of aliphatic hydroxyl groups excluding tert-OH is 1. The van der Waals surface area contributed by atoms with Gasteiger partial charge in [0, 0.05) is 38.6 Å². The molecule has 0 unspecified atom stereocenters. The summed E-state index contributed by atoms with van der Waals surface area (Å²) in [4.78, 5) is 88.4. The Morgan fingerprint density at radius 1 is 0.855 bits per heavy atom. The molecule has 0 spiro atoms. The fourth-order valence-corrected chi connectivity index (χ4v) is 11.1. The molecule has 4 amide bonds. The number of benzene rings is 3. The van der Waals surface area contributed by atoms with Crippen molar-refractivity contribution < 1.29 is 52.8 Å². The van der Waals surface area contributed by atoms with Gasteiger partial charge in [-0.3, -0.25) is 33.7 Å². The summed E-state index contributed by atoms with van der Waals surface area (Å²) in [5.74, 6) is -2.07. The highest BCUT2D eigenvalue weighted by Crippen LogP contribution is 2.40. The zero-order valence-electron chi connectivity index (χ0n) is 44.6. The average molecular weight is 1070 g/mol. The van der Waals surface area contributed by atoms with Crippen molar-refractivity contribution in [2.45, 2.75) is 142 Å².